The molecule has 17 heavy (non-hydrogen) atoms. The highest BCUT2D eigenvalue weighted by atomic mass is 32.2. The molecule has 0 aliphatic carbocycles. The number of thioether (sulfide) groups is 1. The standard InChI is InChI=1S/C13H19NO2S/c1-4-12(13(15)16)17-11-7-5-6-10(8-11)9(2)14-3/h5-9,12,14H,4H2,1-3H3,(H,15,16). The molecule has 0 radical (unpaired) electrons. The summed E-state index contributed by atoms with van der Waals surface area (Å²) in [5.74, 6) is -0.746. The molecule has 0 aromatic heterocycles. The fourth-order valence-corrected chi connectivity index (χ4v) is 2.45. The van der Waals surface area contributed by atoms with Crippen LogP contribution in [0.15, 0.2) is 29.2 Å². The summed E-state index contributed by atoms with van der Waals surface area (Å²) >= 11 is 1.41. The van der Waals surface area contributed by atoms with Crippen molar-refractivity contribution in [1.29, 1.82) is 0 Å². The minimum atomic E-state index is -0.746. The Bertz CT molecular complexity index is 381. The van der Waals surface area contributed by atoms with Crippen LogP contribution in [0.1, 0.15) is 31.9 Å². The maximum Gasteiger partial charge on any atom is 0.316 e. The Labute approximate surface area is 107 Å². The monoisotopic (exact) mass is 253 g/mol. The molecule has 0 heterocycles. The molecule has 2 atom stereocenters. The summed E-state index contributed by atoms with van der Waals surface area (Å²) in [6.07, 6.45) is 0.631. The molecule has 1 aromatic carbocycles. The Kier molecular flexibility index (Phi) is 5.51. The van der Waals surface area contributed by atoms with E-state index in [1.165, 1.54) is 17.3 Å². The first kappa shape index (κ1) is 14.1. The van der Waals surface area contributed by atoms with Gasteiger partial charge in [-0.2, -0.15) is 0 Å². The zero-order valence-corrected chi connectivity index (χ0v) is 11.3. The van der Waals surface area contributed by atoms with E-state index in [0.29, 0.717) is 6.42 Å². The van der Waals surface area contributed by atoms with Crippen LogP contribution in [0.4, 0.5) is 0 Å². The minimum Gasteiger partial charge on any atom is -0.480 e. The van der Waals surface area contributed by atoms with Gasteiger partial charge < -0.3 is 10.4 Å². The predicted molar refractivity (Wildman–Crippen MR) is 71.5 cm³/mol. The highest BCUT2D eigenvalue weighted by Gasteiger charge is 2.16. The Morgan fingerprint density at radius 2 is 2.24 bits per heavy atom. The zero-order chi connectivity index (χ0) is 12.8. The number of carboxylic acid groups (broad SMARTS) is 1. The number of carboxylic acids is 1. The van der Waals surface area contributed by atoms with Gasteiger partial charge >= 0.3 is 5.97 Å². The van der Waals surface area contributed by atoms with Crippen LogP contribution in [0.3, 0.4) is 0 Å². The summed E-state index contributed by atoms with van der Waals surface area (Å²) in [5.41, 5.74) is 1.18. The quantitative estimate of drug-likeness (QED) is 0.765. The number of aliphatic carboxylic acids is 1. The molecule has 1 rings (SSSR count). The first-order chi connectivity index (χ1) is 8.08. The number of carbonyl (C=O) groups is 1. The van der Waals surface area contributed by atoms with E-state index in [-0.39, 0.29) is 11.3 Å². The lowest BCUT2D eigenvalue weighted by Gasteiger charge is -2.13. The normalized spacial score (nSPS) is 14.3. The van der Waals surface area contributed by atoms with Crippen molar-refractivity contribution in [1.82, 2.24) is 5.32 Å². The topological polar surface area (TPSA) is 49.3 Å². The first-order valence-electron chi connectivity index (χ1n) is 5.75. The molecule has 0 amide bonds. The molecular weight excluding hydrogens is 234 g/mol. The summed E-state index contributed by atoms with van der Waals surface area (Å²) in [4.78, 5) is 12.0. The van der Waals surface area contributed by atoms with Gasteiger partial charge in [0.1, 0.15) is 5.25 Å². The molecule has 0 saturated heterocycles. The Morgan fingerprint density at radius 1 is 1.53 bits per heavy atom. The van der Waals surface area contributed by atoms with Crippen LogP contribution >= 0.6 is 11.8 Å². The second-order valence-electron chi connectivity index (χ2n) is 3.94. The van der Waals surface area contributed by atoms with Crippen molar-refractivity contribution in [3.8, 4) is 0 Å². The zero-order valence-electron chi connectivity index (χ0n) is 10.4. The maximum atomic E-state index is 11.0. The van der Waals surface area contributed by atoms with Crippen molar-refractivity contribution >= 4 is 17.7 Å². The van der Waals surface area contributed by atoms with Crippen LogP contribution in [0.2, 0.25) is 0 Å². The van der Waals surface area contributed by atoms with Crippen LogP contribution in [0, 0.1) is 0 Å². The van der Waals surface area contributed by atoms with Gasteiger partial charge in [-0.3, -0.25) is 4.79 Å². The van der Waals surface area contributed by atoms with Crippen LogP contribution < -0.4 is 5.32 Å². The van der Waals surface area contributed by atoms with Gasteiger partial charge in [0.15, 0.2) is 0 Å². The van der Waals surface area contributed by atoms with Crippen molar-refractivity contribution in [3.05, 3.63) is 29.8 Å². The third-order valence-corrected chi connectivity index (χ3v) is 4.06. The van der Waals surface area contributed by atoms with Crippen LogP contribution in [0.5, 0.6) is 0 Å². The van der Waals surface area contributed by atoms with Gasteiger partial charge in [0.05, 0.1) is 0 Å². The molecule has 0 aliphatic rings. The summed E-state index contributed by atoms with van der Waals surface area (Å²) in [7, 11) is 1.91. The number of nitrogens with one attached hydrogen (secondary N) is 1. The molecule has 0 aliphatic heterocycles. The first-order valence-corrected chi connectivity index (χ1v) is 6.63. The molecule has 0 spiro atoms. The van der Waals surface area contributed by atoms with E-state index in [9.17, 15) is 4.79 Å². The van der Waals surface area contributed by atoms with Crippen LogP contribution in [-0.2, 0) is 4.79 Å². The molecule has 2 unspecified atom stereocenters. The lowest BCUT2D eigenvalue weighted by atomic mass is 10.1. The molecule has 94 valence electrons. The van der Waals surface area contributed by atoms with Crippen LogP contribution in [0.25, 0.3) is 0 Å². The summed E-state index contributed by atoms with van der Waals surface area (Å²) in [5, 5.41) is 11.8. The largest absolute Gasteiger partial charge is 0.480 e. The molecule has 0 saturated carbocycles. The number of benzene rings is 1. The van der Waals surface area contributed by atoms with Gasteiger partial charge in [0, 0.05) is 10.9 Å². The third-order valence-electron chi connectivity index (χ3n) is 2.72. The third kappa shape index (κ3) is 4.06. The van der Waals surface area contributed by atoms with Crippen molar-refractivity contribution in [2.45, 2.75) is 36.5 Å². The average Bonchev–Trinajstić information content (AvgIpc) is 2.34. The molecule has 2 N–H and O–H groups in total. The van der Waals surface area contributed by atoms with Gasteiger partial charge in [0.2, 0.25) is 0 Å². The van der Waals surface area contributed by atoms with E-state index in [2.05, 4.69) is 18.3 Å². The second kappa shape index (κ2) is 6.67. The summed E-state index contributed by atoms with van der Waals surface area (Å²) in [6, 6.07) is 8.31. The Balaban J connectivity index is 2.81. The molecule has 4 heteroatoms. The predicted octanol–water partition coefficient (Wildman–Crippen LogP) is 2.92. The lowest BCUT2D eigenvalue weighted by Crippen LogP contribution is -2.15. The average molecular weight is 253 g/mol. The molecule has 3 nitrogen and oxygen atoms in total. The number of hydrogen-bond acceptors (Lipinski definition) is 3. The van der Waals surface area contributed by atoms with E-state index in [1.807, 2.05) is 32.2 Å². The molecule has 1 aromatic rings. The highest BCUT2D eigenvalue weighted by molar-refractivity contribution is 8.00. The van der Waals surface area contributed by atoms with Crippen molar-refractivity contribution in [2.75, 3.05) is 7.05 Å². The van der Waals surface area contributed by atoms with Gasteiger partial charge in [-0.25, -0.2) is 0 Å². The van der Waals surface area contributed by atoms with E-state index >= 15 is 0 Å². The fraction of sp³-hybridized carbons (Fsp3) is 0.462. The Morgan fingerprint density at radius 3 is 2.76 bits per heavy atom. The molecule has 0 fully saturated rings. The van der Waals surface area contributed by atoms with Crippen LogP contribution in [-0.4, -0.2) is 23.4 Å². The summed E-state index contributed by atoms with van der Waals surface area (Å²) < 4.78 is 0. The number of rotatable bonds is 6. The highest BCUT2D eigenvalue weighted by Crippen LogP contribution is 2.27. The van der Waals surface area contributed by atoms with Crippen molar-refractivity contribution in [3.63, 3.8) is 0 Å². The summed E-state index contributed by atoms with van der Waals surface area (Å²) in [6.45, 7) is 3.98. The van der Waals surface area contributed by atoms with E-state index in [4.69, 9.17) is 5.11 Å². The Hall–Kier alpha value is -1.00. The van der Waals surface area contributed by atoms with E-state index in [1.54, 1.807) is 0 Å². The van der Waals surface area contributed by atoms with Gasteiger partial charge in [-0.1, -0.05) is 19.1 Å². The lowest BCUT2D eigenvalue weighted by molar-refractivity contribution is -0.136. The van der Waals surface area contributed by atoms with Gasteiger partial charge in [-0.05, 0) is 38.1 Å². The van der Waals surface area contributed by atoms with E-state index in [0.717, 1.165) is 4.90 Å². The molecule has 0 bridgehead atoms. The molecular formula is C13H19NO2S. The minimum absolute atomic E-state index is 0.278. The number of hydrogen-bond donors (Lipinski definition) is 2. The van der Waals surface area contributed by atoms with Crippen molar-refractivity contribution < 1.29 is 9.90 Å². The SMILES string of the molecule is CCC(Sc1cccc(C(C)NC)c1)C(=O)O. The van der Waals surface area contributed by atoms with E-state index < -0.39 is 5.97 Å². The second-order valence-corrected chi connectivity index (χ2v) is 5.21. The van der Waals surface area contributed by atoms with Crippen molar-refractivity contribution in [2.24, 2.45) is 0 Å². The fourth-order valence-electron chi connectivity index (χ4n) is 1.50. The smallest absolute Gasteiger partial charge is 0.316 e. The van der Waals surface area contributed by atoms with Gasteiger partial charge in [-0.15, -0.1) is 11.8 Å². The maximum absolute atomic E-state index is 11.0. The van der Waals surface area contributed by atoms with Gasteiger partial charge in [0.25, 0.3) is 0 Å².